The maximum Gasteiger partial charge on any atom is 0.434 e. The van der Waals surface area contributed by atoms with E-state index in [-0.39, 0.29) is 0 Å². The highest BCUT2D eigenvalue weighted by Gasteiger charge is 2.86. The molecule has 10 heteroatoms. The molecule has 0 spiro atoms. The van der Waals surface area contributed by atoms with Crippen LogP contribution in [0.2, 0.25) is 0 Å². The van der Waals surface area contributed by atoms with Crippen molar-refractivity contribution in [3.05, 3.63) is 0 Å². The molecule has 0 aliphatic rings. The lowest BCUT2D eigenvalue weighted by Crippen LogP contribution is -2.69. The van der Waals surface area contributed by atoms with Crippen LogP contribution in [0.25, 0.3) is 0 Å². The van der Waals surface area contributed by atoms with Gasteiger partial charge in [0, 0.05) is 13.8 Å². The number of halogens is 10. The Labute approximate surface area is 88.6 Å². The van der Waals surface area contributed by atoms with Crippen LogP contribution in [0.3, 0.4) is 0 Å². The molecule has 0 radical (unpaired) electrons. The van der Waals surface area contributed by atoms with E-state index in [2.05, 4.69) is 0 Å². The standard InChI is InChI=1S/C7H6F10/c1-3(8,9)5(12,7(15,16)17)6(13,14)4(2,10)11/h1-2H3/t5-/m0/s1. The lowest BCUT2D eigenvalue weighted by Gasteiger charge is -2.40. The van der Waals surface area contributed by atoms with E-state index in [1.54, 1.807) is 0 Å². The molecule has 0 saturated heterocycles. The highest BCUT2D eigenvalue weighted by atomic mass is 19.4. The Kier molecular flexibility index (Phi) is 3.49. The van der Waals surface area contributed by atoms with Gasteiger partial charge in [-0.15, -0.1) is 0 Å². The number of hydrogen-bond acceptors (Lipinski definition) is 0. The SMILES string of the molecule is CC(F)(F)C(F)(F)[C@@](F)(C(C)(F)F)C(F)(F)F. The van der Waals surface area contributed by atoms with Crippen molar-refractivity contribution in [3.8, 4) is 0 Å². The molecule has 0 aromatic heterocycles. The first-order valence-electron chi connectivity index (χ1n) is 3.89. The molecule has 0 nitrogen and oxygen atoms in total. The third-order valence-corrected chi connectivity index (χ3v) is 1.98. The summed E-state index contributed by atoms with van der Waals surface area (Å²) in [6.45, 7) is -1.63. The molecule has 0 aromatic carbocycles. The molecule has 0 fully saturated rings. The van der Waals surface area contributed by atoms with Gasteiger partial charge in [0.2, 0.25) is 0 Å². The van der Waals surface area contributed by atoms with Gasteiger partial charge in [0.1, 0.15) is 0 Å². The fourth-order valence-electron chi connectivity index (χ4n) is 1.01. The summed E-state index contributed by atoms with van der Waals surface area (Å²) in [5.74, 6) is -18.0. The molecule has 0 heterocycles. The summed E-state index contributed by atoms with van der Waals surface area (Å²) in [5, 5.41) is 0. The van der Waals surface area contributed by atoms with Gasteiger partial charge in [-0.25, -0.2) is 22.0 Å². The summed E-state index contributed by atoms with van der Waals surface area (Å²) in [4.78, 5) is 0. The Balaban J connectivity index is 6.04. The van der Waals surface area contributed by atoms with Crippen LogP contribution in [0.5, 0.6) is 0 Å². The van der Waals surface area contributed by atoms with Crippen molar-refractivity contribution in [2.45, 2.75) is 43.5 Å². The number of rotatable bonds is 3. The molecule has 1 atom stereocenters. The maximum atomic E-state index is 13.0. The van der Waals surface area contributed by atoms with Gasteiger partial charge in [0.05, 0.1) is 0 Å². The second-order valence-electron chi connectivity index (χ2n) is 3.51. The zero-order chi connectivity index (χ0) is 14.5. The van der Waals surface area contributed by atoms with Gasteiger partial charge < -0.3 is 0 Å². The van der Waals surface area contributed by atoms with Crippen molar-refractivity contribution in [3.63, 3.8) is 0 Å². The van der Waals surface area contributed by atoms with Crippen LogP contribution < -0.4 is 0 Å². The zero-order valence-electron chi connectivity index (χ0n) is 8.28. The smallest absolute Gasteiger partial charge is 0.220 e. The summed E-state index contributed by atoms with van der Waals surface area (Å²) in [6.07, 6.45) is -6.87. The van der Waals surface area contributed by atoms with E-state index in [0.29, 0.717) is 0 Å². The highest BCUT2D eigenvalue weighted by molar-refractivity contribution is 5.11. The molecule has 0 aliphatic carbocycles. The predicted molar refractivity (Wildman–Crippen MR) is 36.1 cm³/mol. The summed E-state index contributed by atoms with van der Waals surface area (Å²) < 4.78 is 123. The van der Waals surface area contributed by atoms with Gasteiger partial charge in [0.25, 0.3) is 5.92 Å². The Bertz CT molecular complexity index is 263. The summed E-state index contributed by atoms with van der Waals surface area (Å²) in [7, 11) is 0. The second-order valence-corrected chi connectivity index (χ2v) is 3.51. The molecule has 0 N–H and O–H groups in total. The molecule has 0 aromatic rings. The van der Waals surface area contributed by atoms with Gasteiger partial charge in [-0.2, -0.15) is 22.0 Å². The fourth-order valence-corrected chi connectivity index (χ4v) is 1.01. The maximum absolute atomic E-state index is 13.0. The molecule has 104 valence electrons. The minimum absolute atomic E-state index is 0.779. The highest BCUT2D eigenvalue weighted by Crippen LogP contribution is 2.58. The summed E-state index contributed by atoms with van der Waals surface area (Å²) in [5.41, 5.74) is -6.66. The monoisotopic (exact) mass is 280 g/mol. The Morgan fingerprint density at radius 3 is 0.882 bits per heavy atom. The number of alkyl halides is 10. The van der Waals surface area contributed by atoms with Gasteiger partial charge in [0.15, 0.2) is 0 Å². The zero-order valence-corrected chi connectivity index (χ0v) is 8.28. The molecule has 0 saturated carbocycles. The van der Waals surface area contributed by atoms with E-state index in [1.165, 1.54) is 0 Å². The van der Waals surface area contributed by atoms with E-state index in [1.807, 2.05) is 0 Å². The van der Waals surface area contributed by atoms with Crippen LogP contribution in [-0.2, 0) is 0 Å². The minimum atomic E-state index is -6.87. The normalized spacial score (nSPS) is 19.1. The fraction of sp³-hybridized carbons (Fsp3) is 1.00. The first-order valence-corrected chi connectivity index (χ1v) is 3.89. The van der Waals surface area contributed by atoms with E-state index in [4.69, 9.17) is 0 Å². The van der Waals surface area contributed by atoms with Crippen molar-refractivity contribution in [2.75, 3.05) is 0 Å². The van der Waals surface area contributed by atoms with E-state index in [9.17, 15) is 43.9 Å². The van der Waals surface area contributed by atoms with Crippen LogP contribution in [0.15, 0.2) is 0 Å². The van der Waals surface area contributed by atoms with E-state index in [0.717, 1.165) is 0 Å². The average molecular weight is 280 g/mol. The van der Waals surface area contributed by atoms with Gasteiger partial charge in [-0.1, -0.05) is 0 Å². The lowest BCUT2D eigenvalue weighted by molar-refractivity contribution is -0.396. The van der Waals surface area contributed by atoms with E-state index < -0.39 is 43.5 Å². The van der Waals surface area contributed by atoms with Gasteiger partial charge in [-0.05, 0) is 0 Å². The second kappa shape index (κ2) is 3.64. The average Bonchev–Trinajstić information content (AvgIpc) is 1.95. The number of hydrogen-bond donors (Lipinski definition) is 0. The predicted octanol–water partition coefficient (Wildman–Crippen LogP) is 4.20. The minimum Gasteiger partial charge on any atom is -0.220 e. The van der Waals surface area contributed by atoms with Crippen LogP contribution >= 0.6 is 0 Å². The van der Waals surface area contributed by atoms with E-state index >= 15 is 0 Å². The Morgan fingerprint density at radius 2 is 0.824 bits per heavy atom. The topological polar surface area (TPSA) is 0 Å². The molecule has 17 heavy (non-hydrogen) atoms. The Hall–Kier alpha value is -0.700. The summed E-state index contributed by atoms with van der Waals surface area (Å²) >= 11 is 0. The first kappa shape index (κ1) is 16.3. The quantitative estimate of drug-likeness (QED) is 0.679. The van der Waals surface area contributed by atoms with Gasteiger partial charge >= 0.3 is 23.7 Å². The van der Waals surface area contributed by atoms with Crippen molar-refractivity contribution >= 4 is 0 Å². The molecular weight excluding hydrogens is 274 g/mol. The van der Waals surface area contributed by atoms with Crippen molar-refractivity contribution in [1.29, 1.82) is 0 Å². The molecule has 0 aliphatic heterocycles. The molecule has 0 amide bonds. The van der Waals surface area contributed by atoms with Crippen LogP contribution in [0.1, 0.15) is 13.8 Å². The third-order valence-electron chi connectivity index (χ3n) is 1.98. The molecule has 0 unspecified atom stereocenters. The van der Waals surface area contributed by atoms with Crippen molar-refractivity contribution < 1.29 is 43.9 Å². The van der Waals surface area contributed by atoms with Gasteiger partial charge in [-0.3, -0.25) is 0 Å². The Morgan fingerprint density at radius 1 is 0.529 bits per heavy atom. The van der Waals surface area contributed by atoms with Crippen LogP contribution in [0.4, 0.5) is 43.9 Å². The van der Waals surface area contributed by atoms with Crippen molar-refractivity contribution in [1.82, 2.24) is 0 Å². The molecule has 0 rings (SSSR count). The molecule has 0 bridgehead atoms. The largest absolute Gasteiger partial charge is 0.434 e. The molecular formula is C7H6F10. The van der Waals surface area contributed by atoms with Crippen LogP contribution in [-0.4, -0.2) is 29.6 Å². The third kappa shape index (κ3) is 2.17. The first-order chi connectivity index (χ1) is 7.00. The lowest BCUT2D eigenvalue weighted by atomic mass is 9.87. The van der Waals surface area contributed by atoms with Crippen LogP contribution in [0, 0.1) is 0 Å². The van der Waals surface area contributed by atoms with Crippen molar-refractivity contribution in [2.24, 2.45) is 0 Å². The summed E-state index contributed by atoms with van der Waals surface area (Å²) in [6, 6.07) is 0.